The average Bonchev–Trinajstić information content (AvgIpc) is 2.79. The zero-order chi connectivity index (χ0) is 11.8. The summed E-state index contributed by atoms with van der Waals surface area (Å²) in [5.74, 6) is 0.393. The van der Waals surface area contributed by atoms with Crippen LogP contribution >= 0.6 is 0 Å². The summed E-state index contributed by atoms with van der Waals surface area (Å²) in [4.78, 5) is 11.6. The van der Waals surface area contributed by atoms with Crippen LogP contribution in [-0.2, 0) is 11.3 Å². The van der Waals surface area contributed by atoms with Crippen molar-refractivity contribution in [3.63, 3.8) is 0 Å². The minimum absolute atomic E-state index is 0.187. The van der Waals surface area contributed by atoms with E-state index in [1.165, 1.54) is 0 Å². The van der Waals surface area contributed by atoms with Gasteiger partial charge in [-0.05, 0) is 31.4 Å². The van der Waals surface area contributed by atoms with Gasteiger partial charge < -0.3 is 9.88 Å². The van der Waals surface area contributed by atoms with Crippen LogP contribution in [0, 0.1) is 5.92 Å². The first-order valence-electron chi connectivity index (χ1n) is 6.16. The number of aryl methyl sites for hydroxylation is 1. The van der Waals surface area contributed by atoms with E-state index in [-0.39, 0.29) is 11.8 Å². The van der Waals surface area contributed by atoms with Gasteiger partial charge >= 0.3 is 0 Å². The maximum atomic E-state index is 11.6. The van der Waals surface area contributed by atoms with E-state index < -0.39 is 0 Å². The normalized spacial score (nSPS) is 10.7. The van der Waals surface area contributed by atoms with Crippen LogP contribution in [0.4, 0.5) is 0 Å². The highest BCUT2D eigenvalue weighted by molar-refractivity contribution is 5.78. The van der Waals surface area contributed by atoms with Crippen LogP contribution in [0.5, 0.6) is 0 Å². The molecule has 0 aliphatic rings. The van der Waals surface area contributed by atoms with Gasteiger partial charge in [0.1, 0.15) is 0 Å². The van der Waals surface area contributed by atoms with Gasteiger partial charge in [-0.2, -0.15) is 0 Å². The van der Waals surface area contributed by atoms with E-state index in [0.717, 1.165) is 32.4 Å². The second-order valence-electron chi connectivity index (χ2n) is 4.08. The molecule has 3 heteroatoms. The van der Waals surface area contributed by atoms with E-state index in [1.807, 2.05) is 24.5 Å². The zero-order valence-electron chi connectivity index (χ0n) is 10.3. The van der Waals surface area contributed by atoms with Crippen molar-refractivity contribution in [1.29, 1.82) is 0 Å². The third kappa shape index (κ3) is 4.09. The number of hydrogen-bond donors (Lipinski definition) is 1. The monoisotopic (exact) mass is 222 g/mol. The van der Waals surface area contributed by atoms with Crippen LogP contribution in [0.3, 0.4) is 0 Å². The van der Waals surface area contributed by atoms with E-state index in [0.29, 0.717) is 0 Å². The summed E-state index contributed by atoms with van der Waals surface area (Å²) < 4.78 is 2.13. The molecule has 0 radical (unpaired) electrons. The molecule has 3 nitrogen and oxygen atoms in total. The summed E-state index contributed by atoms with van der Waals surface area (Å²) in [6.45, 7) is 5.87. The van der Waals surface area contributed by atoms with Gasteiger partial charge in [0.2, 0.25) is 5.91 Å². The average molecular weight is 222 g/mol. The molecular formula is C13H22N2O. The summed E-state index contributed by atoms with van der Waals surface area (Å²) in [5, 5.41) is 2.99. The predicted octanol–water partition coefficient (Wildman–Crippen LogP) is 2.43. The summed E-state index contributed by atoms with van der Waals surface area (Å²) in [7, 11) is 0. The molecule has 0 saturated heterocycles. The van der Waals surface area contributed by atoms with Crippen LogP contribution < -0.4 is 5.32 Å². The minimum atomic E-state index is 0.187. The first-order valence-corrected chi connectivity index (χ1v) is 6.16. The van der Waals surface area contributed by atoms with Crippen molar-refractivity contribution in [2.75, 3.05) is 6.54 Å². The van der Waals surface area contributed by atoms with E-state index in [1.54, 1.807) is 0 Å². The lowest BCUT2D eigenvalue weighted by Crippen LogP contribution is -2.31. The standard InChI is InChI=1S/C13H22N2O/c1-3-12(4-2)13(16)14-8-7-11-15-9-5-6-10-15/h5-6,9-10,12H,3-4,7-8,11H2,1-2H3,(H,14,16). The van der Waals surface area contributed by atoms with E-state index in [4.69, 9.17) is 0 Å². The van der Waals surface area contributed by atoms with Gasteiger partial charge in [-0.25, -0.2) is 0 Å². The lowest BCUT2D eigenvalue weighted by Gasteiger charge is -2.12. The van der Waals surface area contributed by atoms with Crippen molar-refractivity contribution >= 4 is 5.91 Å². The Hall–Kier alpha value is -1.25. The van der Waals surface area contributed by atoms with Crippen molar-refractivity contribution < 1.29 is 4.79 Å². The molecule has 0 saturated carbocycles. The molecule has 1 rings (SSSR count). The molecule has 0 unspecified atom stereocenters. The Morgan fingerprint density at radius 3 is 2.44 bits per heavy atom. The fourth-order valence-electron chi connectivity index (χ4n) is 1.80. The van der Waals surface area contributed by atoms with Gasteiger partial charge in [0, 0.05) is 31.4 Å². The van der Waals surface area contributed by atoms with Crippen LogP contribution in [-0.4, -0.2) is 17.0 Å². The summed E-state index contributed by atoms with van der Waals surface area (Å²) >= 11 is 0. The number of nitrogens with one attached hydrogen (secondary N) is 1. The summed E-state index contributed by atoms with van der Waals surface area (Å²) in [6, 6.07) is 4.03. The molecule has 1 amide bonds. The highest BCUT2D eigenvalue weighted by Gasteiger charge is 2.12. The quantitative estimate of drug-likeness (QED) is 0.706. The second kappa shape index (κ2) is 7.09. The Balaban J connectivity index is 2.13. The molecule has 1 aromatic heterocycles. The summed E-state index contributed by atoms with van der Waals surface area (Å²) in [5.41, 5.74) is 0. The molecule has 0 bridgehead atoms. The van der Waals surface area contributed by atoms with Crippen molar-refractivity contribution in [3.8, 4) is 0 Å². The molecule has 1 heterocycles. The Morgan fingerprint density at radius 1 is 1.25 bits per heavy atom. The van der Waals surface area contributed by atoms with E-state index in [2.05, 4.69) is 23.7 Å². The number of carbonyl (C=O) groups is 1. The molecule has 0 fully saturated rings. The number of aromatic nitrogens is 1. The zero-order valence-corrected chi connectivity index (χ0v) is 10.3. The van der Waals surface area contributed by atoms with Gasteiger partial charge in [0.05, 0.1) is 0 Å². The first kappa shape index (κ1) is 12.8. The molecule has 16 heavy (non-hydrogen) atoms. The number of nitrogens with zero attached hydrogens (tertiary/aromatic N) is 1. The van der Waals surface area contributed by atoms with Crippen LogP contribution in [0.1, 0.15) is 33.1 Å². The number of rotatable bonds is 7. The highest BCUT2D eigenvalue weighted by atomic mass is 16.1. The largest absolute Gasteiger partial charge is 0.356 e. The van der Waals surface area contributed by atoms with Crippen LogP contribution in [0.15, 0.2) is 24.5 Å². The molecule has 0 aliphatic heterocycles. The molecular weight excluding hydrogens is 200 g/mol. The van der Waals surface area contributed by atoms with Gasteiger partial charge in [-0.15, -0.1) is 0 Å². The maximum absolute atomic E-state index is 11.6. The third-order valence-corrected chi connectivity index (χ3v) is 2.91. The molecule has 0 atom stereocenters. The van der Waals surface area contributed by atoms with Gasteiger partial charge in [0.25, 0.3) is 0 Å². The van der Waals surface area contributed by atoms with E-state index >= 15 is 0 Å². The number of hydrogen-bond acceptors (Lipinski definition) is 1. The molecule has 90 valence electrons. The maximum Gasteiger partial charge on any atom is 0.223 e. The van der Waals surface area contributed by atoms with E-state index in [9.17, 15) is 4.79 Å². The summed E-state index contributed by atoms with van der Waals surface area (Å²) in [6.07, 6.45) is 6.94. The third-order valence-electron chi connectivity index (χ3n) is 2.91. The lowest BCUT2D eigenvalue weighted by molar-refractivity contribution is -0.125. The van der Waals surface area contributed by atoms with Gasteiger partial charge in [-0.3, -0.25) is 4.79 Å². The molecule has 1 N–H and O–H groups in total. The molecule has 0 spiro atoms. The first-order chi connectivity index (χ1) is 7.77. The fraction of sp³-hybridized carbons (Fsp3) is 0.615. The van der Waals surface area contributed by atoms with Crippen LogP contribution in [0.25, 0.3) is 0 Å². The number of amides is 1. The minimum Gasteiger partial charge on any atom is -0.356 e. The fourth-order valence-corrected chi connectivity index (χ4v) is 1.80. The van der Waals surface area contributed by atoms with Crippen molar-refractivity contribution in [1.82, 2.24) is 9.88 Å². The second-order valence-corrected chi connectivity index (χ2v) is 4.08. The molecule has 0 aromatic carbocycles. The Labute approximate surface area is 97.8 Å². The number of carbonyl (C=O) groups excluding carboxylic acids is 1. The van der Waals surface area contributed by atoms with Gasteiger partial charge in [0.15, 0.2) is 0 Å². The van der Waals surface area contributed by atoms with Crippen molar-refractivity contribution in [2.45, 2.75) is 39.7 Å². The van der Waals surface area contributed by atoms with Crippen LogP contribution in [0.2, 0.25) is 0 Å². The SMILES string of the molecule is CCC(CC)C(=O)NCCCn1cccc1. The Kier molecular flexibility index (Phi) is 5.68. The smallest absolute Gasteiger partial charge is 0.223 e. The molecule has 1 aromatic rings. The topological polar surface area (TPSA) is 34.0 Å². The Bertz CT molecular complexity index is 289. The van der Waals surface area contributed by atoms with Crippen molar-refractivity contribution in [3.05, 3.63) is 24.5 Å². The predicted molar refractivity (Wildman–Crippen MR) is 66.1 cm³/mol. The Morgan fingerprint density at radius 2 is 1.88 bits per heavy atom. The van der Waals surface area contributed by atoms with Crippen molar-refractivity contribution in [2.24, 2.45) is 5.92 Å². The highest BCUT2D eigenvalue weighted by Crippen LogP contribution is 2.06. The lowest BCUT2D eigenvalue weighted by atomic mass is 10.0. The molecule has 0 aliphatic carbocycles. The van der Waals surface area contributed by atoms with Gasteiger partial charge in [-0.1, -0.05) is 13.8 Å².